The van der Waals surface area contributed by atoms with Crippen molar-refractivity contribution < 1.29 is 14.4 Å². The van der Waals surface area contributed by atoms with Crippen molar-refractivity contribution in [2.75, 3.05) is 11.4 Å². The van der Waals surface area contributed by atoms with Gasteiger partial charge in [0.25, 0.3) is 11.8 Å². The second-order valence-corrected chi connectivity index (χ2v) is 8.83. The smallest absolute Gasteiger partial charge is 0.260 e. The molecule has 2 aliphatic rings. The van der Waals surface area contributed by atoms with Crippen LogP contribution in [-0.4, -0.2) is 39.1 Å². The number of aromatic nitrogens is 2. The predicted octanol–water partition coefficient (Wildman–Crippen LogP) is 3.95. The molecule has 3 amide bonds. The summed E-state index contributed by atoms with van der Waals surface area (Å²) in [5, 5.41) is 2.97. The van der Waals surface area contributed by atoms with Crippen molar-refractivity contribution in [3.8, 4) is 0 Å². The molecule has 2 aliphatic heterocycles. The number of nitrogens with zero attached hydrogens (tertiary/aromatic N) is 3. The Morgan fingerprint density at radius 3 is 2.51 bits per heavy atom. The lowest BCUT2D eigenvalue weighted by Gasteiger charge is -2.40. The Labute approximate surface area is 201 Å². The molecule has 0 unspecified atom stereocenters. The van der Waals surface area contributed by atoms with E-state index >= 15 is 0 Å². The van der Waals surface area contributed by atoms with Crippen LogP contribution in [0.3, 0.4) is 0 Å². The molecular formula is C27H23N5O3. The fourth-order valence-electron chi connectivity index (χ4n) is 4.98. The average molecular weight is 466 g/mol. The van der Waals surface area contributed by atoms with E-state index in [1.54, 1.807) is 34.1 Å². The lowest BCUT2D eigenvalue weighted by molar-refractivity contribution is -0.122. The quantitative estimate of drug-likeness (QED) is 0.466. The monoisotopic (exact) mass is 465 g/mol. The Bertz CT molecular complexity index is 1460. The molecule has 0 fully saturated rings. The Morgan fingerprint density at radius 1 is 0.971 bits per heavy atom. The topological polar surface area (TPSA) is 98.4 Å². The van der Waals surface area contributed by atoms with E-state index in [2.05, 4.69) is 15.3 Å². The predicted molar refractivity (Wildman–Crippen MR) is 131 cm³/mol. The van der Waals surface area contributed by atoms with Crippen LogP contribution >= 0.6 is 0 Å². The maximum Gasteiger partial charge on any atom is 0.260 e. The molecule has 0 spiro atoms. The second kappa shape index (κ2) is 8.09. The number of imidazole rings is 1. The number of hydrogen-bond acceptors (Lipinski definition) is 4. The van der Waals surface area contributed by atoms with Crippen molar-refractivity contribution in [3.05, 3.63) is 95.3 Å². The van der Waals surface area contributed by atoms with Gasteiger partial charge in [-0.05, 0) is 37.3 Å². The molecule has 174 valence electrons. The van der Waals surface area contributed by atoms with Crippen LogP contribution in [0.25, 0.3) is 11.0 Å². The highest BCUT2D eigenvalue weighted by Gasteiger charge is 2.47. The molecule has 2 N–H and O–H groups in total. The molecule has 0 bridgehead atoms. The third-order valence-corrected chi connectivity index (χ3v) is 6.66. The van der Waals surface area contributed by atoms with E-state index in [1.165, 1.54) is 0 Å². The molecule has 0 radical (unpaired) electrons. The van der Waals surface area contributed by atoms with Gasteiger partial charge in [0.1, 0.15) is 12.0 Å². The minimum Gasteiger partial charge on any atom is -0.346 e. The fourth-order valence-corrected chi connectivity index (χ4v) is 4.98. The Morgan fingerprint density at radius 2 is 1.69 bits per heavy atom. The van der Waals surface area contributed by atoms with Gasteiger partial charge >= 0.3 is 0 Å². The molecule has 2 atom stereocenters. The number of para-hydroxylation sites is 3. The molecule has 35 heavy (non-hydrogen) atoms. The first-order chi connectivity index (χ1) is 17.0. The Kier molecular flexibility index (Phi) is 4.88. The van der Waals surface area contributed by atoms with E-state index in [0.717, 1.165) is 16.6 Å². The van der Waals surface area contributed by atoms with Gasteiger partial charge in [-0.1, -0.05) is 42.5 Å². The summed E-state index contributed by atoms with van der Waals surface area (Å²) in [5.41, 5.74) is 4.16. The third kappa shape index (κ3) is 3.37. The summed E-state index contributed by atoms with van der Waals surface area (Å²) >= 11 is 0. The van der Waals surface area contributed by atoms with Gasteiger partial charge in [0, 0.05) is 24.1 Å². The summed E-state index contributed by atoms with van der Waals surface area (Å²) in [6, 6.07) is 21.8. The zero-order chi connectivity index (χ0) is 24.1. The van der Waals surface area contributed by atoms with Crippen molar-refractivity contribution >= 4 is 34.4 Å². The third-order valence-electron chi connectivity index (χ3n) is 6.66. The van der Waals surface area contributed by atoms with Gasteiger partial charge in [0.05, 0.1) is 28.3 Å². The normalized spacial score (nSPS) is 17.2. The molecule has 0 saturated carbocycles. The van der Waals surface area contributed by atoms with E-state index in [0.29, 0.717) is 22.6 Å². The summed E-state index contributed by atoms with van der Waals surface area (Å²) in [5.74, 6) is 0.140. The number of amides is 3. The lowest BCUT2D eigenvalue weighted by Crippen LogP contribution is -2.49. The number of anilines is 1. The summed E-state index contributed by atoms with van der Waals surface area (Å²) in [4.78, 5) is 50.7. The maximum absolute atomic E-state index is 13.5. The first kappa shape index (κ1) is 21.1. The summed E-state index contributed by atoms with van der Waals surface area (Å²) in [6.45, 7) is 2.04. The number of carbonyl (C=O) groups is 3. The molecule has 8 nitrogen and oxygen atoms in total. The van der Waals surface area contributed by atoms with E-state index in [4.69, 9.17) is 0 Å². The number of carbonyl (C=O) groups excluding carboxylic acids is 3. The van der Waals surface area contributed by atoms with Crippen LogP contribution in [0, 0.1) is 0 Å². The number of hydrogen-bond donors (Lipinski definition) is 2. The zero-order valence-corrected chi connectivity index (χ0v) is 19.1. The fraction of sp³-hybridized carbons (Fsp3) is 0.185. The number of rotatable bonds is 5. The molecule has 8 heteroatoms. The van der Waals surface area contributed by atoms with Gasteiger partial charge in [-0.2, -0.15) is 0 Å². The molecule has 3 heterocycles. The van der Waals surface area contributed by atoms with E-state index < -0.39 is 6.17 Å². The molecule has 1 aromatic heterocycles. The first-order valence-corrected chi connectivity index (χ1v) is 11.6. The number of fused-ring (bicyclic) bond motifs is 6. The Balaban J connectivity index is 1.23. The van der Waals surface area contributed by atoms with Crippen molar-refractivity contribution in [1.82, 2.24) is 20.2 Å². The number of H-pyrrole nitrogens is 1. The highest BCUT2D eigenvalue weighted by Crippen LogP contribution is 2.45. The van der Waals surface area contributed by atoms with Crippen molar-refractivity contribution in [2.45, 2.75) is 25.6 Å². The lowest BCUT2D eigenvalue weighted by atomic mass is 10.0. The summed E-state index contributed by atoms with van der Waals surface area (Å²) < 4.78 is 0. The van der Waals surface area contributed by atoms with Gasteiger partial charge in [0.2, 0.25) is 5.91 Å². The number of benzene rings is 3. The van der Waals surface area contributed by atoms with Gasteiger partial charge in [-0.25, -0.2) is 4.98 Å². The maximum atomic E-state index is 13.5. The van der Waals surface area contributed by atoms with Crippen molar-refractivity contribution in [3.63, 3.8) is 0 Å². The van der Waals surface area contributed by atoms with Crippen LogP contribution in [0.5, 0.6) is 0 Å². The minimum atomic E-state index is -0.568. The molecule has 3 aromatic carbocycles. The van der Waals surface area contributed by atoms with Gasteiger partial charge in [0.15, 0.2) is 0 Å². The van der Waals surface area contributed by atoms with Gasteiger partial charge in [-0.15, -0.1) is 0 Å². The molecular weight excluding hydrogens is 442 g/mol. The summed E-state index contributed by atoms with van der Waals surface area (Å²) in [7, 11) is 0. The highest BCUT2D eigenvalue weighted by molar-refractivity contribution is 6.16. The van der Waals surface area contributed by atoms with Crippen LogP contribution < -0.4 is 10.2 Å². The largest absolute Gasteiger partial charge is 0.346 e. The first-order valence-electron chi connectivity index (χ1n) is 11.6. The molecule has 4 aromatic rings. The number of nitrogens with one attached hydrogen (secondary N) is 2. The standard InChI is InChI=1S/C27H23N5O3/c1-16(24-29-20-11-5-6-12-21(20)30-24)28-23(33)14-15-31-25-17-8-2-3-9-18(17)27(35)32(25)22-13-7-4-10-19(22)26(31)34/h2-13,16,25H,14-15H2,1H3,(H,28,33)(H,29,30)/t16-,25-/m0/s1. The average Bonchev–Trinajstić information content (AvgIpc) is 3.44. The van der Waals surface area contributed by atoms with Crippen LogP contribution in [0.1, 0.15) is 57.7 Å². The molecule has 0 aliphatic carbocycles. The van der Waals surface area contributed by atoms with Gasteiger partial charge in [-0.3, -0.25) is 19.3 Å². The molecule has 0 saturated heterocycles. The zero-order valence-electron chi connectivity index (χ0n) is 19.1. The highest BCUT2D eigenvalue weighted by atomic mass is 16.2. The van der Waals surface area contributed by atoms with Crippen molar-refractivity contribution in [2.24, 2.45) is 0 Å². The van der Waals surface area contributed by atoms with E-state index in [9.17, 15) is 14.4 Å². The SMILES string of the molecule is C[C@H](NC(=O)CCN1C(=O)c2ccccc2N2C(=O)c3ccccc3[C@@H]12)c1nc2ccccc2[nH]1. The van der Waals surface area contributed by atoms with Crippen LogP contribution in [0.4, 0.5) is 5.69 Å². The van der Waals surface area contributed by atoms with Crippen LogP contribution in [0.15, 0.2) is 72.8 Å². The van der Waals surface area contributed by atoms with Gasteiger partial charge < -0.3 is 15.2 Å². The van der Waals surface area contributed by atoms with Crippen molar-refractivity contribution in [1.29, 1.82) is 0 Å². The van der Waals surface area contributed by atoms with E-state index in [-0.39, 0.29) is 36.7 Å². The van der Waals surface area contributed by atoms with Crippen LogP contribution in [-0.2, 0) is 4.79 Å². The second-order valence-electron chi connectivity index (χ2n) is 8.83. The minimum absolute atomic E-state index is 0.0964. The summed E-state index contributed by atoms with van der Waals surface area (Å²) in [6.07, 6.45) is -0.471. The Hall–Kier alpha value is -4.46. The number of aromatic amines is 1. The van der Waals surface area contributed by atoms with E-state index in [1.807, 2.05) is 55.5 Å². The van der Waals surface area contributed by atoms with Crippen LogP contribution in [0.2, 0.25) is 0 Å². The molecule has 6 rings (SSSR count).